The Balaban J connectivity index is 2.90. The van der Waals surface area contributed by atoms with E-state index < -0.39 is 0 Å². The highest BCUT2D eigenvalue weighted by molar-refractivity contribution is 7.22. The molecule has 0 N–H and O–H groups in total. The third-order valence-electron chi connectivity index (χ3n) is 3.67. The van der Waals surface area contributed by atoms with Crippen LogP contribution in [0.25, 0.3) is 11.6 Å². The molecule has 1 unspecified atom stereocenters. The number of hydrogen-bond acceptors (Lipinski definition) is 0. The lowest BCUT2D eigenvalue weighted by Gasteiger charge is -2.29. The lowest BCUT2D eigenvalue weighted by atomic mass is 9.76. The normalized spacial score (nSPS) is 20.2. The van der Waals surface area contributed by atoms with Gasteiger partial charge in [-0.15, -0.1) is 8.86 Å². The molecule has 0 aromatic heterocycles. The van der Waals surface area contributed by atoms with Gasteiger partial charge in [0.05, 0.1) is 0 Å². The molecule has 1 aliphatic carbocycles. The van der Waals surface area contributed by atoms with E-state index in [4.69, 9.17) is 0 Å². The van der Waals surface area contributed by atoms with Crippen LogP contribution in [0.2, 0.25) is 0 Å². The molecule has 0 fully saturated rings. The first kappa shape index (κ1) is 13.3. The van der Waals surface area contributed by atoms with Gasteiger partial charge in [-0.3, -0.25) is 0 Å². The standard InChI is InChI=1S/C17H21P/c1-6-11-9-8-10-13-14(11)12(7-2)15(16(13)18)17(3,4)5/h6-10,15,18H,2H2,1,3-5H3/b11-6-. The molecule has 1 heteroatoms. The molecule has 0 amide bonds. The molecule has 1 atom stereocenters. The lowest BCUT2D eigenvalue weighted by molar-refractivity contribution is 0.375. The Morgan fingerprint density at radius 1 is 1.28 bits per heavy atom. The lowest BCUT2D eigenvalue weighted by Crippen LogP contribution is -2.27. The highest BCUT2D eigenvalue weighted by atomic mass is 31.0. The fourth-order valence-corrected chi connectivity index (χ4v) is 3.73. The molecule has 0 saturated heterocycles. The second-order valence-corrected chi connectivity index (χ2v) is 6.47. The quantitative estimate of drug-likeness (QED) is 0.677. The molecule has 0 spiro atoms. The molecular formula is C17H21P. The zero-order valence-electron chi connectivity index (χ0n) is 11.7. The first-order chi connectivity index (χ1) is 8.41. The first-order valence-corrected chi connectivity index (χ1v) is 6.92. The second kappa shape index (κ2) is 4.52. The maximum Gasteiger partial charge on any atom is 0.0188 e. The average Bonchev–Trinajstić information content (AvgIpc) is 2.62. The fourth-order valence-electron chi connectivity index (χ4n) is 2.93. The van der Waals surface area contributed by atoms with Crippen molar-refractivity contribution in [1.82, 2.24) is 0 Å². The summed E-state index contributed by atoms with van der Waals surface area (Å²) in [6, 6.07) is 6.49. The smallest absolute Gasteiger partial charge is 0.0188 e. The van der Waals surface area contributed by atoms with E-state index >= 15 is 0 Å². The van der Waals surface area contributed by atoms with Crippen LogP contribution in [0.5, 0.6) is 0 Å². The number of fused-ring (bicyclic) bond motifs is 1. The van der Waals surface area contributed by atoms with Crippen molar-refractivity contribution in [3.8, 4) is 0 Å². The van der Waals surface area contributed by atoms with E-state index in [0.717, 1.165) is 0 Å². The highest BCUT2D eigenvalue weighted by Crippen LogP contribution is 2.38. The molecule has 0 nitrogen and oxygen atoms in total. The second-order valence-electron chi connectivity index (χ2n) is 5.93. The molecule has 1 aromatic carbocycles. The van der Waals surface area contributed by atoms with Gasteiger partial charge < -0.3 is 0 Å². The van der Waals surface area contributed by atoms with Gasteiger partial charge in [0.1, 0.15) is 0 Å². The van der Waals surface area contributed by atoms with E-state index in [0.29, 0.717) is 5.92 Å². The van der Waals surface area contributed by atoms with Crippen LogP contribution in [-0.2, 0) is 0 Å². The molecule has 18 heavy (non-hydrogen) atoms. The predicted molar refractivity (Wildman–Crippen MR) is 84.8 cm³/mol. The number of hydrogen-bond donors (Lipinski definition) is 0. The summed E-state index contributed by atoms with van der Waals surface area (Å²) in [6.07, 6.45) is 4.20. The van der Waals surface area contributed by atoms with Crippen LogP contribution < -0.4 is 10.4 Å². The molecular weight excluding hydrogens is 235 g/mol. The van der Waals surface area contributed by atoms with Crippen LogP contribution in [0, 0.1) is 11.3 Å². The maximum absolute atomic E-state index is 4.03. The van der Waals surface area contributed by atoms with Gasteiger partial charge >= 0.3 is 0 Å². The van der Waals surface area contributed by atoms with Crippen molar-refractivity contribution in [2.45, 2.75) is 27.7 Å². The van der Waals surface area contributed by atoms with Crippen LogP contribution in [0.1, 0.15) is 33.3 Å². The van der Waals surface area contributed by atoms with E-state index in [-0.39, 0.29) is 5.41 Å². The van der Waals surface area contributed by atoms with Gasteiger partial charge in [0.25, 0.3) is 0 Å². The topological polar surface area (TPSA) is 0 Å². The Bertz CT molecular complexity index is 627. The van der Waals surface area contributed by atoms with Gasteiger partial charge in [-0.25, -0.2) is 0 Å². The van der Waals surface area contributed by atoms with Crippen molar-refractivity contribution >= 4 is 25.8 Å². The van der Waals surface area contributed by atoms with Crippen LogP contribution in [0.4, 0.5) is 0 Å². The van der Waals surface area contributed by atoms with E-state index in [1.54, 1.807) is 0 Å². The van der Waals surface area contributed by atoms with E-state index in [1.807, 2.05) is 6.08 Å². The SMILES string of the molecule is C=CC1=c2c(ccc/c2=C/C)C(=P)C1C(C)(C)C. The monoisotopic (exact) mass is 256 g/mol. The summed E-state index contributed by atoms with van der Waals surface area (Å²) in [6.45, 7) is 13.0. The molecule has 1 aliphatic rings. The van der Waals surface area contributed by atoms with Gasteiger partial charge in [0.2, 0.25) is 0 Å². The Kier molecular flexibility index (Phi) is 3.34. The summed E-state index contributed by atoms with van der Waals surface area (Å²) in [7, 11) is 3.88. The van der Waals surface area contributed by atoms with Crippen molar-refractivity contribution < 1.29 is 0 Å². The minimum absolute atomic E-state index is 0.185. The van der Waals surface area contributed by atoms with Crippen molar-refractivity contribution in [2.75, 3.05) is 0 Å². The van der Waals surface area contributed by atoms with Crippen LogP contribution in [0.3, 0.4) is 0 Å². The Morgan fingerprint density at radius 2 is 1.94 bits per heavy atom. The van der Waals surface area contributed by atoms with Crippen molar-refractivity contribution in [3.63, 3.8) is 0 Å². The van der Waals surface area contributed by atoms with E-state index in [2.05, 4.69) is 67.4 Å². The largest absolute Gasteiger partial charge is 0.117 e. The molecule has 0 bridgehead atoms. The van der Waals surface area contributed by atoms with Crippen molar-refractivity contribution in [3.05, 3.63) is 46.9 Å². The summed E-state index contributed by atoms with van der Waals surface area (Å²) in [5, 5.41) is 3.93. The minimum atomic E-state index is 0.185. The molecule has 0 aliphatic heterocycles. The maximum atomic E-state index is 4.03. The van der Waals surface area contributed by atoms with Crippen molar-refractivity contribution in [1.29, 1.82) is 0 Å². The van der Waals surface area contributed by atoms with Crippen LogP contribution >= 0.6 is 8.86 Å². The molecule has 2 rings (SSSR count). The highest BCUT2D eigenvalue weighted by Gasteiger charge is 2.35. The third kappa shape index (κ3) is 1.89. The van der Waals surface area contributed by atoms with Crippen LogP contribution in [-0.4, -0.2) is 5.29 Å². The number of benzene rings is 1. The fraction of sp³-hybridized carbons (Fsp3) is 0.353. The zero-order chi connectivity index (χ0) is 13.5. The Labute approximate surface area is 112 Å². The Hall–Kier alpha value is -1.13. The number of allylic oxidation sites excluding steroid dienone is 1. The summed E-state index contributed by atoms with van der Waals surface area (Å²) in [4.78, 5) is 0. The summed E-state index contributed by atoms with van der Waals surface area (Å²) >= 11 is 0. The Morgan fingerprint density at radius 3 is 2.44 bits per heavy atom. The number of rotatable bonds is 1. The molecule has 94 valence electrons. The van der Waals surface area contributed by atoms with Gasteiger partial charge in [0.15, 0.2) is 0 Å². The first-order valence-electron chi connectivity index (χ1n) is 6.42. The minimum Gasteiger partial charge on any atom is -0.117 e. The van der Waals surface area contributed by atoms with E-state index in [9.17, 15) is 0 Å². The summed E-state index contributed by atoms with van der Waals surface area (Å²) < 4.78 is 0. The summed E-state index contributed by atoms with van der Waals surface area (Å²) in [5.41, 5.74) is 2.85. The average molecular weight is 256 g/mol. The molecule has 0 radical (unpaired) electrons. The predicted octanol–water partition coefficient (Wildman–Crippen LogP) is 3.16. The van der Waals surface area contributed by atoms with Gasteiger partial charge in [-0.1, -0.05) is 57.7 Å². The third-order valence-corrected chi connectivity index (χ3v) is 4.23. The van der Waals surface area contributed by atoms with Crippen molar-refractivity contribution in [2.24, 2.45) is 11.3 Å². The van der Waals surface area contributed by atoms with Gasteiger partial charge in [-0.05, 0) is 39.2 Å². The molecule has 0 saturated carbocycles. The van der Waals surface area contributed by atoms with Crippen LogP contribution in [0.15, 0.2) is 30.9 Å². The summed E-state index contributed by atoms with van der Waals surface area (Å²) in [5.74, 6) is 0.391. The molecule has 0 heterocycles. The molecule has 1 aromatic rings. The van der Waals surface area contributed by atoms with Gasteiger partial charge in [-0.2, -0.15) is 0 Å². The van der Waals surface area contributed by atoms with Gasteiger partial charge in [0, 0.05) is 5.92 Å². The zero-order valence-corrected chi connectivity index (χ0v) is 12.7. The van der Waals surface area contributed by atoms with E-state index in [1.165, 1.54) is 26.9 Å².